The Labute approximate surface area is 158 Å². The van der Waals surface area contributed by atoms with Crippen LogP contribution in [0.15, 0.2) is 72.8 Å². The molecule has 0 fully saturated rings. The van der Waals surface area contributed by atoms with E-state index in [4.69, 9.17) is 16.3 Å². The maximum Gasteiger partial charge on any atom is 0.251 e. The van der Waals surface area contributed by atoms with Gasteiger partial charge in [0.2, 0.25) is 0 Å². The highest BCUT2D eigenvalue weighted by atomic mass is 35.5. The first-order valence-corrected chi connectivity index (χ1v) is 8.79. The van der Waals surface area contributed by atoms with Gasteiger partial charge in [-0.1, -0.05) is 59.6 Å². The lowest BCUT2D eigenvalue weighted by molar-refractivity contribution is 0.0951. The van der Waals surface area contributed by atoms with Gasteiger partial charge in [-0.25, -0.2) is 0 Å². The van der Waals surface area contributed by atoms with E-state index in [2.05, 4.69) is 5.32 Å². The molecule has 0 atom stereocenters. The van der Waals surface area contributed by atoms with E-state index in [0.717, 1.165) is 11.1 Å². The van der Waals surface area contributed by atoms with E-state index in [1.807, 2.05) is 55.5 Å². The molecular formula is C22H20ClNO2. The fraction of sp³-hybridized carbons (Fsp3) is 0.136. The van der Waals surface area contributed by atoms with Gasteiger partial charge in [-0.3, -0.25) is 4.79 Å². The van der Waals surface area contributed by atoms with Crippen molar-refractivity contribution >= 4 is 17.5 Å². The number of carbonyl (C=O) groups excluding carboxylic acids is 1. The van der Waals surface area contributed by atoms with Crippen LogP contribution < -0.4 is 10.1 Å². The van der Waals surface area contributed by atoms with E-state index in [1.54, 1.807) is 24.3 Å². The van der Waals surface area contributed by atoms with Gasteiger partial charge in [0.15, 0.2) is 0 Å². The maximum absolute atomic E-state index is 12.3. The van der Waals surface area contributed by atoms with Gasteiger partial charge in [-0.05, 0) is 42.8 Å². The van der Waals surface area contributed by atoms with E-state index in [-0.39, 0.29) is 5.91 Å². The Morgan fingerprint density at radius 2 is 1.65 bits per heavy atom. The summed E-state index contributed by atoms with van der Waals surface area (Å²) in [6.07, 6.45) is 0. The molecule has 1 N–H and O–H groups in total. The molecule has 1 amide bonds. The summed E-state index contributed by atoms with van der Waals surface area (Å²) in [7, 11) is 0. The Balaban J connectivity index is 1.54. The number of ether oxygens (including phenoxy) is 1. The minimum atomic E-state index is -0.108. The molecule has 0 spiro atoms. The van der Waals surface area contributed by atoms with Crippen LogP contribution in [0.5, 0.6) is 5.75 Å². The van der Waals surface area contributed by atoms with Gasteiger partial charge in [0.25, 0.3) is 5.91 Å². The molecule has 0 bridgehead atoms. The Morgan fingerprint density at radius 3 is 2.35 bits per heavy atom. The average Bonchev–Trinajstić information content (AvgIpc) is 2.67. The Kier molecular flexibility index (Phi) is 5.92. The Morgan fingerprint density at radius 1 is 0.962 bits per heavy atom. The number of hydrogen-bond donors (Lipinski definition) is 1. The van der Waals surface area contributed by atoms with Crippen LogP contribution in [0.4, 0.5) is 0 Å². The molecule has 0 aromatic heterocycles. The van der Waals surface area contributed by atoms with E-state index in [9.17, 15) is 4.79 Å². The first-order chi connectivity index (χ1) is 12.6. The van der Waals surface area contributed by atoms with Crippen LogP contribution in [0.3, 0.4) is 0 Å². The molecule has 132 valence electrons. The lowest BCUT2D eigenvalue weighted by atomic mass is 10.1. The van der Waals surface area contributed by atoms with E-state index in [1.165, 1.54) is 5.56 Å². The third-order valence-corrected chi connectivity index (χ3v) is 4.41. The van der Waals surface area contributed by atoms with Gasteiger partial charge in [-0.2, -0.15) is 0 Å². The zero-order chi connectivity index (χ0) is 18.4. The highest BCUT2D eigenvalue weighted by molar-refractivity contribution is 6.31. The zero-order valence-corrected chi connectivity index (χ0v) is 15.3. The van der Waals surface area contributed by atoms with Gasteiger partial charge in [0.05, 0.1) is 0 Å². The van der Waals surface area contributed by atoms with Crippen LogP contribution in [0.1, 0.15) is 27.0 Å². The highest BCUT2D eigenvalue weighted by Gasteiger charge is 2.06. The molecule has 0 aliphatic heterocycles. The first-order valence-electron chi connectivity index (χ1n) is 8.42. The topological polar surface area (TPSA) is 38.3 Å². The fourth-order valence-electron chi connectivity index (χ4n) is 2.47. The standard InChI is InChI=1S/C22H20ClNO2/c1-16-6-8-17(9-7-16)14-24-22(25)18-10-12-20(13-11-18)26-15-19-4-2-3-5-21(19)23/h2-13H,14-15H2,1H3,(H,24,25). The summed E-state index contributed by atoms with van der Waals surface area (Å²) in [6.45, 7) is 2.93. The summed E-state index contributed by atoms with van der Waals surface area (Å²) >= 11 is 6.12. The van der Waals surface area contributed by atoms with Crippen LogP contribution in [0, 0.1) is 6.92 Å². The molecule has 4 heteroatoms. The van der Waals surface area contributed by atoms with Crippen molar-refractivity contribution < 1.29 is 9.53 Å². The smallest absolute Gasteiger partial charge is 0.251 e. The number of halogens is 1. The summed E-state index contributed by atoms with van der Waals surface area (Å²) in [5.41, 5.74) is 3.80. The molecule has 26 heavy (non-hydrogen) atoms. The van der Waals surface area contributed by atoms with Crippen LogP contribution in [0.25, 0.3) is 0 Å². The average molecular weight is 366 g/mol. The molecule has 0 unspecified atom stereocenters. The maximum atomic E-state index is 12.3. The number of nitrogens with one attached hydrogen (secondary N) is 1. The van der Waals surface area contributed by atoms with Gasteiger partial charge in [0.1, 0.15) is 12.4 Å². The minimum Gasteiger partial charge on any atom is -0.489 e. The molecule has 0 saturated carbocycles. The van der Waals surface area contributed by atoms with Gasteiger partial charge in [0, 0.05) is 22.7 Å². The second-order valence-electron chi connectivity index (χ2n) is 6.07. The first kappa shape index (κ1) is 18.0. The monoisotopic (exact) mass is 365 g/mol. The number of aryl methyl sites for hydroxylation is 1. The van der Waals surface area contributed by atoms with Crippen molar-refractivity contribution in [2.24, 2.45) is 0 Å². The van der Waals surface area contributed by atoms with Gasteiger partial charge < -0.3 is 10.1 Å². The molecule has 0 aliphatic rings. The van der Waals surface area contributed by atoms with E-state index >= 15 is 0 Å². The lowest BCUT2D eigenvalue weighted by Gasteiger charge is -2.09. The summed E-state index contributed by atoms with van der Waals surface area (Å²) in [5, 5.41) is 3.60. The predicted octanol–water partition coefficient (Wildman–Crippen LogP) is 5.16. The van der Waals surface area contributed by atoms with Crippen molar-refractivity contribution in [3.8, 4) is 5.75 Å². The molecule has 3 aromatic rings. The largest absolute Gasteiger partial charge is 0.489 e. The summed E-state index contributed by atoms with van der Waals surface area (Å²) < 4.78 is 5.73. The number of rotatable bonds is 6. The normalized spacial score (nSPS) is 10.4. The zero-order valence-electron chi connectivity index (χ0n) is 14.5. The fourth-order valence-corrected chi connectivity index (χ4v) is 2.66. The quantitative estimate of drug-likeness (QED) is 0.655. The molecule has 0 aliphatic carbocycles. The third-order valence-electron chi connectivity index (χ3n) is 4.04. The highest BCUT2D eigenvalue weighted by Crippen LogP contribution is 2.19. The summed E-state index contributed by atoms with van der Waals surface area (Å²) in [5.74, 6) is 0.586. The SMILES string of the molecule is Cc1ccc(CNC(=O)c2ccc(OCc3ccccc3Cl)cc2)cc1. The second-order valence-corrected chi connectivity index (χ2v) is 6.48. The van der Waals surface area contributed by atoms with E-state index in [0.29, 0.717) is 29.5 Å². The molecule has 3 rings (SSSR count). The summed E-state index contributed by atoms with van der Waals surface area (Å²) in [4.78, 5) is 12.3. The molecular weight excluding hydrogens is 346 g/mol. The molecule has 3 nitrogen and oxygen atoms in total. The van der Waals surface area contributed by atoms with Crippen molar-refractivity contribution in [2.75, 3.05) is 0 Å². The lowest BCUT2D eigenvalue weighted by Crippen LogP contribution is -2.22. The van der Waals surface area contributed by atoms with E-state index < -0.39 is 0 Å². The number of benzene rings is 3. The van der Waals surface area contributed by atoms with Crippen molar-refractivity contribution in [2.45, 2.75) is 20.1 Å². The molecule has 0 heterocycles. The second kappa shape index (κ2) is 8.54. The number of carbonyl (C=O) groups is 1. The van der Waals surface area contributed by atoms with Crippen LogP contribution >= 0.6 is 11.6 Å². The molecule has 0 saturated heterocycles. The molecule has 0 radical (unpaired) electrons. The Bertz CT molecular complexity index is 873. The number of hydrogen-bond acceptors (Lipinski definition) is 2. The van der Waals surface area contributed by atoms with Crippen LogP contribution in [-0.4, -0.2) is 5.91 Å². The van der Waals surface area contributed by atoms with Gasteiger partial charge >= 0.3 is 0 Å². The van der Waals surface area contributed by atoms with Gasteiger partial charge in [-0.15, -0.1) is 0 Å². The van der Waals surface area contributed by atoms with Crippen LogP contribution in [0.2, 0.25) is 5.02 Å². The Hall–Kier alpha value is -2.78. The van der Waals surface area contributed by atoms with Crippen molar-refractivity contribution in [3.63, 3.8) is 0 Å². The predicted molar refractivity (Wildman–Crippen MR) is 105 cm³/mol. The van der Waals surface area contributed by atoms with Crippen LogP contribution in [-0.2, 0) is 13.2 Å². The minimum absolute atomic E-state index is 0.108. The third kappa shape index (κ3) is 4.87. The molecule has 3 aromatic carbocycles. The van der Waals surface area contributed by atoms with Crippen molar-refractivity contribution in [1.29, 1.82) is 0 Å². The summed E-state index contributed by atoms with van der Waals surface area (Å²) in [6, 6.07) is 22.8. The van der Waals surface area contributed by atoms with Crippen molar-refractivity contribution in [1.82, 2.24) is 5.32 Å². The van der Waals surface area contributed by atoms with Crippen molar-refractivity contribution in [3.05, 3.63) is 100 Å². The number of amides is 1.